The molecule has 298 valence electrons. The molecule has 0 aliphatic carbocycles. The van der Waals surface area contributed by atoms with Gasteiger partial charge in [-0.1, -0.05) is 166 Å². The molecule has 0 bridgehead atoms. The largest absolute Gasteiger partial charge is 0.468 e. The maximum atomic E-state index is 6.76. The van der Waals surface area contributed by atoms with Crippen molar-refractivity contribution in [3.05, 3.63) is 204 Å². The standard InChI is InChI=1S/C51H48N8O/c1-4-6-26-46-53-48-37(3)27-32-45(60-47(5-2)57-34-33-52-36-57)49(48)58(46)35-38-28-30-39(31-29-38)43-24-16-17-25-44(43)50-54-55-56-59(50)51(40-18-10-7-11-19-40,41-20-12-8-13-21-41)42-22-14-9-15-23-42/h7-25,27-34,36,47H,4-6,26,35H2,1-3H3. The topological polar surface area (TPSA) is 88.5 Å². The van der Waals surface area contributed by atoms with Crippen LogP contribution in [-0.2, 0) is 18.5 Å². The van der Waals surface area contributed by atoms with E-state index in [4.69, 9.17) is 20.0 Å². The van der Waals surface area contributed by atoms with E-state index in [0.29, 0.717) is 12.4 Å². The molecular formula is C51H48N8O. The van der Waals surface area contributed by atoms with Gasteiger partial charge in [0.25, 0.3) is 0 Å². The average molecular weight is 789 g/mol. The van der Waals surface area contributed by atoms with Crippen molar-refractivity contribution in [3.63, 3.8) is 0 Å². The van der Waals surface area contributed by atoms with Gasteiger partial charge in [-0.2, -0.15) is 0 Å². The second-order valence-electron chi connectivity index (χ2n) is 15.3. The van der Waals surface area contributed by atoms with Crippen molar-refractivity contribution in [2.45, 2.75) is 64.8 Å². The van der Waals surface area contributed by atoms with Crippen LogP contribution in [0.25, 0.3) is 33.5 Å². The Bertz CT molecular complexity index is 2700. The molecule has 1 atom stereocenters. The monoisotopic (exact) mass is 788 g/mol. The summed E-state index contributed by atoms with van der Waals surface area (Å²) in [6.45, 7) is 7.15. The molecule has 3 aromatic heterocycles. The van der Waals surface area contributed by atoms with Gasteiger partial charge in [0, 0.05) is 37.3 Å². The van der Waals surface area contributed by atoms with Crippen LogP contribution in [0.4, 0.5) is 0 Å². The highest BCUT2D eigenvalue weighted by atomic mass is 16.5. The molecule has 0 saturated carbocycles. The molecule has 0 aliphatic rings. The van der Waals surface area contributed by atoms with Gasteiger partial charge in [0.1, 0.15) is 22.6 Å². The first-order valence-corrected chi connectivity index (χ1v) is 20.9. The van der Waals surface area contributed by atoms with Gasteiger partial charge in [-0.25, -0.2) is 14.6 Å². The number of imidazole rings is 2. The summed E-state index contributed by atoms with van der Waals surface area (Å²) in [5.74, 6) is 2.56. The lowest BCUT2D eigenvalue weighted by atomic mass is 9.77. The van der Waals surface area contributed by atoms with Crippen LogP contribution in [0.5, 0.6) is 5.75 Å². The maximum Gasteiger partial charge on any atom is 0.184 e. The quantitative estimate of drug-likeness (QED) is 0.0961. The van der Waals surface area contributed by atoms with E-state index in [2.05, 4.69) is 169 Å². The van der Waals surface area contributed by atoms with Gasteiger partial charge >= 0.3 is 0 Å². The van der Waals surface area contributed by atoms with E-state index in [1.54, 1.807) is 6.20 Å². The second-order valence-corrected chi connectivity index (χ2v) is 15.3. The molecule has 0 radical (unpaired) electrons. The summed E-state index contributed by atoms with van der Waals surface area (Å²) in [4.78, 5) is 9.52. The van der Waals surface area contributed by atoms with E-state index in [1.165, 1.54) is 5.56 Å². The van der Waals surface area contributed by atoms with Crippen molar-refractivity contribution in [2.75, 3.05) is 0 Å². The van der Waals surface area contributed by atoms with Crippen molar-refractivity contribution in [2.24, 2.45) is 0 Å². The lowest BCUT2D eigenvalue weighted by molar-refractivity contribution is 0.129. The zero-order valence-electron chi connectivity index (χ0n) is 34.3. The first-order chi connectivity index (χ1) is 29.6. The third-order valence-electron chi connectivity index (χ3n) is 11.5. The number of hydrogen-bond acceptors (Lipinski definition) is 6. The van der Waals surface area contributed by atoms with E-state index >= 15 is 0 Å². The number of rotatable bonds is 15. The lowest BCUT2D eigenvalue weighted by Crippen LogP contribution is -2.39. The van der Waals surface area contributed by atoms with E-state index < -0.39 is 5.54 Å². The number of nitrogens with zero attached hydrogens (tertiary/aromatic N) is 8. The normalized spacial score (nSPS) is 12.2. The Kier molecular flexibility index (Phi) is 10.9. The van der Waals surface area contributed by atoms with Crippen molar-refractivity contribution in [1.82, 2.24) is 39.3 Å². The first-order valence-electron chi connectivity index (χ1n) is 20.9. The molecule has 0 aliphatic heterocycles. The van der Waals surface area contributed by atoms with Gasteiger partial charge in [-0.15, -0.1) is 5.10 Å². The van der Waals surface area contributed by atoms with Gasteiger partial charge in [0.05, 0.1) is 11.8 Å². The van der Waals surface area contributed by atoms with E-state index in [1.807, 2.05) is 40.0 Å². The van der Waals surface area contributed by atoms with Gasteiger partial charge < -0.3 is 13.9 Å². The summed E-state index contributed by atoms with van der Waals surface area (Å²) in [5.41, 5.74) is 9.66. The van der Waals surface area contributed by atoms with Gasteiger partial charge in [-0.05, 0) is 68.8 Å². The zero-order valence-corrected chi connectivity index (χ0v) is 34.3. The fourth-order valence-electron chi connectivity index (χ4n) is 8.50. The van der Waals surface area contributed by atoms with Crippen molar-refractivity contribution in [1.29, 1.82) is 0 Å². The Labute approximate surface area is 351 Å². The minimum absolute atomic E-state index is 0.181. The van der Waals surface area contributed by atoms with Crippen LogP contribution >= 0.6 is 0 Å². The Balaban J connectivity index is 1.12. The van der Waals surface area contributed by atoms with Crippen molar-refractivity contribution >= 4 is 11.0 Å². The van der Waals surface area contributed by atoms with Crippen molar-refractivity contribution < 1.29 is 4.74 Å². The molecule has 6 aromatic carbocycles. The summed E-state index contributed by atoms with van der Waals surface area (Å²) < 4.78 is 13.1. The SMILES string of the molecule is CCCCc1nc2c(C)ccc(OC(CC)n3ccnc3)c2n1Cc1ccc(-c2ccccc2-c2nnnn2C(c2ccccc2)(c2ccccc2)c2ccccc2)cc1. The Morgan fingerprint density at radius 2 is 1.33 bits per heavy atom. The third-order valence-corrected chi connectivity index (χ3v) is 11.5. The van der Waals surface area contributed by atoms with Crippen LogP contribution in [0.3, 0.4) is 0 Å². The summed E-state index contributed by atoms with van der Waals surface area (Å²) in [5, 5.41) is 14.0. The second kappa shape index (κ2) is 17.0. The smallest absolute Gasteiger partial charge is 0.184 e. The van der Waals surface area contributed by atoms with Crippen LogP contribution in [0, 0.1) is 6.92 Å². The molecule has 0 fully saturated rings. The highest BCUT2D eigenvalue weighted by Gasteiger charge is 2.42. The lowest BCUT2D eigenvalue weighted by Gasteiger charge is -2.36. The zero-order chi connectivity index (χ0) is 40.9. The minimum atomic E-state index is -0.862. The molecule has 9 aromatic rings. The molecule has 0 amide bonds. The molecule has 0 saturated heterocycles. The number of unbranched alkanes of at least 4 members (excludes halogenated alkanes) is 1. The fraction of sp³-hybridized carbons (Fsp3) is 0.196. The highest BCUT2D eigenvalue weighted by Crippen LogP contribution is 2.43. The Morgan fingerprint density at radius 1 is 0.700 bits per heavy atom. The fourth-order valence-corrected chi connectivity index (χ4v) is 8.50. The maximum absolute atomic E-state index is 6.76. The van der Waals surface area contributed by atoms with Gasteiger partial charge in [0.15, 0.2) is 12.1 Å². The van der Waals surface area contributed by atoms with Crippen LogP contribution < -0.4 is 4.74 Å². The highest BCUT2D eigenvalue weighted by molar-refractivity contribution is 5.86. The van der Waals surface area contributed by atoms with E-state index in [0.717, 1.165) is 87.2 Å². The number of tetrazole rings is 1. The number of aryl methyl sites for hydroxylation is 2. The predicted molar refractivity (Wildman–Crippen MR) is 238 cm³/mol. The molecule has 9 nitrogen and oxygen atoms in total. The molecule has 3 heterocycles. The average Bonchev–Trinajstić information content (AvgIpc) is 4.10. The number of fused-ring (bicyclic) bond motifs is 1. The van der Waals surface area contributed by atoms with E-state index in [-0.39, 0.29) is 6.23 Å². The summed E-state index contributed by atoms with van der Waals surface area (Å²) in [7, 11) is 0. The van der Waals surface area contributed by atoms with Crippen molar-refractivity contribution in [3.8, 4) is 28.3 Å². The van der Waals surface area contributed by atoms with Gasteiger partial charge in [0.2, 0.25) is 0 Å². The number of benzene rings is 6. The first kappa shape index (κ1) is 38.4. The molecule has 0 spiro atoms. The minimum Gasteiger partial charge on any atom is -0.468 e. The third kappa shape index (κ3) is 7.06. The molecule has 60 heavy (non-hydrogen) atoms. The van der Waals surface area contributed by atoms with Crippen LogP contribution in [0.15, 0.2) is 170 Å². The summed E-state index contributed by atoms with van der Waals surface area (Å²) >= 11 is 0. The van der Waals surface area contributed by atoms with Crippen LogP contribution in [0.2, 0.25) is 0 Å². The number of aromatic nitrogens is 8. The van der Waals surface area contributed by atoms with Crippen LogP contribution in [-0.4, -0.2) is 39.3 Å². The number of ether oxygens (including phenoxy) is 1. The molecule has 9 heteroatoms. The Hall–Kier alpha value is -7.13. The predicted octanol–water partition coefficient (Wildman–Crippen LogP) is 11.1. The number of hydrogen-bond donors (Lipinski definition) is 0. The summed E-state index contributed by atoms with van der Waals surface area (Å²) in [6, 6.07) is 53.0. The van der Waals surface area contributed by atoms with Gasteiger partial charge in [-0.3, -0.25) is 0 Å². The van der Waals surface area contributed by atoms with E-state index in [9.17, 15) is 0 Å². The summed E-state index contributed by atoms with van der Waals surface area (Å²) in [6.07, 6.45) is 9.21. The molecular weight excluding hydrogens is 741 g/mol. The molecule has 0 N–H and O–H groups in total. The Morgan fingerprint density at radius 3 is 1.93 bits per heavy atom. The molecule has 1 unspecified atom stereocenters. The molecule has 9 rings (SSSR count). The van der Waals surface area contributed by atoms with Crippen LogP contribution in [0.1, 0.15) is 73.0 Å².